The zero-order valence-electron chi connectivity index (χ0n) is 29.1. The zero-order chi connectivity index (χ0) is 35.3. The summed E-state index contributed by atoms with van der Waals surface area (Å²) in [5.41, 5.74) is 10.6. The van der Waals surface area contributed by atoms with Gasteiger partial charge in [0.25, 0.3) is 0 Å². The molecule has 0 unspecified atom stereocenters. The van der Waals surface area contributed by atoms with Crippen LogP contribution in [0.3, 0.4) is 0 Å². The average Bonchev–Trinajstić information content (AvgIpc) is 3.81. The van der Waals surface area contributed by atoms with Crippen LogP contribution in [-0.4, -0.2) is 0 Å². The third-order valence-corrected chi connectivity index (χ3v) is 11.5. The summed E-state index contributed by atoms with van der Waals surface area (Å²) in [6.45, 7) is 0. The van der Waals surface area contributed by atoms with Gasteiger partial charge in [0.05, 0.1) is 0 Å². The molecule has 0 aliphatic carbocycles. The number of furan rings is 2. The molecular weight excluding hydrogens is 657 g/mol. The summed E-state index contributed by atoms with van der Waals surface area (Å²) in [6, 6.07) is 65.6. The highest BCUT2D eigenvalue weighted by Crippen LogP contribution is 2.50. The quantitative estimate of drug-likeness (QED) is 0.137. The predicted molar refractivity (Wildman–Crippen MR) is 227 cm³/mol. The summed E-state index contributed by atoms with van der Waals surface area (Å²) in [5.74, 6) is 0. The van der Waals surface area contributed by atoms with E-state index in [-0.39, 0.29) is 0 Å². The van der Waals surface area contributed by atoms with Gasteiger partial charge in [0.15, 0.2) is 0 Å². The standard InChI is InChI=1S/C52H30O2/c1-2-14-33-31(13-1)30-45(36-16-4-3-15-35(33)36)50-40-20-7-5-18-38(40)49(39-19-6-8-21-41(39)50)43-27-26-34(51-42-22-10-12-24-47(42)54-52(43)51)32-25-28-48-44(29-32)37-17-9-11-23-46(37)53-48/h1-30H. The lowest BCUT2D eigenvalue weighted by molar-refractivity contribution is 0.669. The molecule has 12 rings (SSSR count). The van der Waals surface area contributed by atoms with Crippen LogP contribution in [0, 0.1) is 0 Å². The lowest BCUT2D eigenvalue weighted by atomic mass is 9.83. The van der Waals surface area contributed by atoms with Gasteiger partial charge in [0, 0.05) is 32.7 Å². The van der Waals surface area contributed by atoms with E-state index in [1.165, 1.54) is 59.8 Å². The number of rotatable bonds is 3. The van der Waals surface area contributed by atoms with Gasteiger partial charge in [-0.25, -0.2) is 0 Å². The van der Waals surface area contributed by atoms with Gasteiger partial charge in [-0.2, -0.15) is 0 Å². The molecule has 0 spiro atoms. The molecule has 2 heteroatoms. The van der Waals surface area contributed by atoms with Crippen molar-refractivity contribution in [3.8, 4) is 33.4 Å². The minimum absolute atomic E-state index is 0.879. The van der Waals surface area contributed by atoms with E-state index in [1.807, 2.05) is 12.1 Å². The average molecular weight is 687 g/mol. The van der Waals surface area contributed by atoms with Crippen molar-refractivity contribution in [2.24, 2.45) is 0 Å². The fourth-order valence-corrected chi connectivity index (χ4v) is 9.13. The summed E-state index contributed by atoms with van der Waals surface area (Å²) in [6.07, 6.45) is 0. The lowest BCUT2D eigenvalue weighted by Crippen LogP contribution is -1.93. The number of hydrogen-bond acceptors (Lipinski definition) is 2. The van der Waals surface area contributed by atoms with Crippen LogP contribution in [0.2, 0.25) is 0 Å². The Morgan fingerprint density at radius 2 is 0.778 bits per heavy atom. The SMILES string of the molecule is c1ccc2c(c1)cc(-c1c3ccccc3c(-c3ccc(-c4ccc5oc6ccccc6c5c4)c4c3oc3ccccc34)c3ccccc13)c1ccccc12. The number of benzene rings is 10. The van der Waals surface area contributed by atoms with Crippen LogP contribution >= 0.6 is 0 Å². The molecule has 10 aromatic carbocycles. The van der Waals surface area contributed by atoms with Gasteiger partial charge in [0.1, 0.15) is 22.3 Å². The Labute approximate surface area is 310 Å². The Hall–Kier alpha value is -7.16. The Kier molecular flexibility index (Phi) is 6.09. The molecule has 250 valence electrons. The second kappa shape index (κ2) is 11.2. The van der Waals surface area contributed by atoms with Crippen molar-refractivity contribution in [3.63, 3.8) is 0 Å². The van der Waals surface area contributed by atoms with Crippen molar-refractivity contribution in [2.45, 2.75) is 0 Å². The zero-order valence-corrected chi connectivity index (χ0v) is 29.1. The van der Waals surface area contributed by atoms with Gasteiger partial charge in [-0.3, -0.25) is 0 Å². The highest BCUT2D eigenvalue weighted by Gasteiger charge is 2.23. The highest BCUT2D eigenvalue weighted by atomic mass is 16.3. The number of fused-ring (bicyclic) bond motifs is 11. The van der Waals surface area contributed by atoms with Crippen molar-refractivity contribution in [1.82, 2.24) is 0 Å². The second-order valence-corrected chi connectivity index (χ2v) is 14.3. The van der Waals surface area contributed by atoms with Crippen LogP contribution in [0.15, 0.2) is 191 Å². The van der Waals surface area contributed by atoms with E-state index in [0.29, 0.717) is 0 Å². The molecule has 0 N–H and O–H groups in total. The van der Waals surface area contributed by atoms with Crippen LogP contribution < -0.4 is 0 Å². The summed E-state index contributed by atoms with van der Waals surface area (Å²) >= 11 is 0. The van der Waals surface area contributed by atoms with Gasteiger partial charge in [0.2, 0.25) is 0 Å². The fraction of sp³-hybridized carbons (Fsp3) is 0. The topological polar surface area (TPSA) is 26.3 Å². The third-order valence-electron chi connectivity index (χ3n) is 11.5. The van der Waals surface area contributed by atoms with Gasteiger partial charge < -0.3 is 8.83 Å². The van der Waals surface area contributed by atoms with E-state index in [1.54, 1.807) is 0 Å². The summed E-state index contributed by atoms with van der Waals surface area (Å²) < 4.78 is 13.2. The molecule has 2 heterocycles. The van der Waals surface area contributed by atoms with Gasteiger partial charge in [-0.15, -0.1) is 0 Å². The first-order chi connectivity index (χ1) is 26.8. The first-order valence-electron chi connectivity index (χ1n) is 18.5. The van der Waals surface area contributed by atoms with Crippen LogP contribution in [-0.2, 0) is 0 Å². The minimum atomic E-state index is 0.879. The molecule has 0 aliphatic heterocycles. The Morgan fingerprint density at radius 1 is 0.278 bits per heavy atom. The van der Waals surface area contributed by atoms with E-state index in [2.05, 4.69) is 170 Å². The molecule has 0 amide bonds. The maximum absolute atomic E-state index is 6.94. The molecule has 2 nitrogen and oxygen atoms in total. The third kappa shape index (κ3) is 4.11. The van der Waals surface area contributed by atoms with Crippen molar-refractivity contribution in [3.05, 3.63) is 182 Å². The highest BCUT2D eigenvalue weighted by molar-refractivity contribution is 6.28. The van der Waals surface area contributed by atoms with Gasteiger partial charge in [-0.05, 0) is 102 Å². The first-order valence-corrected chi connectivity index (χ1v) is 18.5. The monoisotopic (exact) mass is 686 g/mol. The maximum Gasteiger partial charge on any atom is 0.143 e. The van der Waals surface area contributed by atoms with Crippen LogP contribution in [0.4, 0.5) is 0 Å². The molecular formula is C52H30O2. The van der Waals surface area contributed by atoms with Crippen LogP contribution in [0.25, 0.3) is 120 Å². The van der Waals surface area contributed by atoms with Crippen LogP contribution in [0.5, 0.6) is 0 Å². The van der Waals surface area contributed by atoms with E-state index in [0.717, 1.165) is 60.6 Å². The number of hydrogen-bond donors (Lipinski definition) is 0. The summed E-state index contributed by atoms with van der Waals surface area (Å²) in [5, 5.41) is 14.3. The smallest absolute Gasteiger partial charge is 0.143 e. The molecule has 0 bridgehead atoms. The van der Waals surface area contributed by atoms with Crippen molar-refractivity contribution in [1.29, 1.82) is 0 Å². The minimum Gasteiger partial charge on any atom is -0.456 e. The van der Waals surface area contributed by atoms with Gasteiger partial charge in [-0.1, -0.05) is 146 Å². The van der Waals surface area contributed by atoms with E-state index >= 15 is 0 Å². The molecule has 0 saturated heterocycles. The Bertz CT molecular complexity index is 3450. The van der Waals surface area contributed by atoms with E-state index in [4.69, 9.17) is 8.83 Å². The fourth-order valence-electron chi connectivity index (χ4n) is 9.13. The molecule has 0 atom stereocenters. The summed E-state index contributed by atoms with van der Waals surface area (Å²) in [7, 11) is 0. The molecule has 54 heavy (non-hydrogen) atoms. The largest absolute Gasteiger partial charge is 0.456 e. The molecule has 12 aromatic rings. The second-order valence-electron chi connectivity index (χ2n) is 14.3. The predicted octanol–water partition coefficient (Wildman–Crippen LogP) is 15.1. The van der Waals surface area contributed by atoms with E-state index < -0.39 is 0 Å². The van der Waals surface area contributed by atoms with Gasteiger partial charge >= 0.3 is 0 Å². The van der Waals surface area contributed by atoms with Crippen molar-refractivity contribution >= 4 is 87.0 Å². The maximum atomic E-state index is 6.94. The van der Waals surface area contributed by atoms with Crippen LogP contribution in [0.1, 0.15) is 0 Å². The lowest BCUT2D eigenvalue weighted by Gasteiger charge is -2.20. The molecule has 0 radical (unpaired) electrons. The Morgan fingerprint density at radius 3 is 1.48 bits per heavy atom. The molecule has 0 fully saturated rings. The molecule has 2 aromatic heterocycles. The molecule has 0 saturated carbocycles. The first kappa shape index (κ1) is 29.4. The Balaban J connectivity index is 1.18. The number of para-hydroxylation sites is 2. The van der Waals surface area contributed by atoms with E-state index in [9.17, 15) is 0 Å². The normalized spacial score (nSPS) is 12.1. The van der Waals surface area contributed by atoms with Crippen molar-refractivity contribution < 1.29 is 8.83 Å². The summed E-state index contributed by atoms with van der Waals surface area (Å²) in [4.78, 5) is 0. The molecule has 0 aliphatic rings. The van der Waals surface area contributed by atoms with Crippen molar-refractivity contribution in [2.75, 3.05) is 0 Å².